The summed E-state index contributed by atoms with van der Waals surface area (Å²) in [5.74, 6) is 0.670. The van der Waals surface area contributed by atoms with Crippen molar-refractivity contribution in [2.24, 2.45) is 0 Å². The van der Waals surface area contributed by atoms with Crippen molar-refractivity contribution >= 4 is 28.5 Å². The number of carbonyl (C=O) groups excluding carboxylic acids is 2. The maximum absolute atomic E-state index is 13.3. The van der Waals surface area contributed by atoms with Crippen LogP contribution >= 0.6 is 0 Å². The predicted molar refractivity (Wildman–Crippen MR) is 131 cm³/mol. The Balaban J connectivity index is 1.53. The highest BCUT2D eigenvalue weighted by Crippen LogP contribution is 2.19. The number of aromatic nitrogens is 2. The second kappa shape index (κ2) is 10.1. The number of amides is 2. The number of benzene rings is 3. The number of fused-ring (bicyclic) bond motifs is 1. The molecule has 4 aromatic rings. The van der Waals surface area contributed by atoms with E-state index in [0.29, 0.717) is 25.1 Å². The highest BCUT2D eigenvalue weighted by Gasteiger charge is 2.19. The molecule has 0 spiro atoms. The Morgan fingerprint density at radius 3 is 2.39 bits per heavy atom. The van der Waals surface area contributed by atoms with Crippen LogP contribution in [-0.2, 0) is 17.8 Å². The van der Waals surface area contributed by atoms with Crippen molar-refractivity contribution in [3.63, 3.8) is 0 Å². The number of hydrogen-bond acceptors (Lipinski definition) is 3. The first-order chi connectivity index (χ1) is 16.1. The number of para-hydroxylation sites is 3. The first-order valence-corrected chi connectivity index (χ1v) is 11.2. The summed E-state index contributed by atoms with van der Waals surface area (Å²) in [6, 6.07) is 25.0. The molecule has 6 nitrogen and oxygen atoms in total. The smallest absolute Gasteiger partial charge is 0.251 e. The van der Waals surface area contributed by atoms with Crippen LogP contribution in [0, 0.1) is 6.92 Å². The standard InChI is InChI=1S/C27H28N4O2/c1-3-30(21-12-5-4-6-13-21)26(32)19-31-24-16-10-9-15-23(24)29-25(31)17-18-28-27(33)22-14-8-7-11-20(22)2/h4-16H,3,17-19H2,1-2H3,(H,28,33). The molecule has 0 unspecified atom stereocenters. The van der Waals surface area contributed by atoms with Gasteiger partial charge in [0.25, 0.3) is 5.91 Å². The van der Waals surface area contributed by atoms with Gasteiger partial charge in [-0.2, -0.15) is 0 Å². The van der Waals surface area contributed by atoms with E-state index in [2.05, 4.69) is 5.32 Å². The zero-order valence-electron chi connectivity index (χ0n) is 19.0. The van der Waals surface area contributed by atoms with Crippen molar-refractivity contribution in [3.8, 4) is 0 Å². The topological polar surface area (TPSA) is 67.2 Å². The van der Waals surface area contributed by atoms with E-state index in [1.807, 2.05) is 97.3 Å². The Labute approximate surface area is 193 Å². The normalized spacial score (nSPS) is 10.8. The molecule has 1 heterocycles. The fourth-order valence-electron chi connectivity index (χ4n) is 4.03. The highest BCUT2D eigenvalue weighted by molar-refractivity contribution is 5.95. The first-order valence-electron chi connectivity index (χ1n) is 11.2. The van der Waals surface area contributed by atoms with E-state index < -0.39 is 0 Å². The molecule has 0 aliphatic carbocycles. The summed E-state index contributed by atoms with van der Waals surface area (Å²) >= 11 is 0. The van der Waals surface area contributed by atoms with Crippen LogP contribution in [0.3, 0.4) is 0 Å². The van der Waals surface area contributed by atoms with E-state index in [1.54, 1.807) is 4.90 Å². The molecule has 6 heteroatoms. The molecular weight excluding hydrogens is 412 g/mol. The molecule has 1 aromatic heterocycles. The zero-order valence-corrected chi connectivity index (χ0v) is 19.0. The minimum absolute atomic E-state index is 0.00273. The summed E-state index contributed by atoms with van der Waals surface area (Å²) in [5.41, 5.74) is 4.24. The molecule has 3 aromatic carbocycles. The molecule has 2 amide bonds. The zero-order chi connectivity index (χ0) is 23.2. The quantitative estimate of drug-likeness (QED) is 0.442. The van der Waals surface area contributed by atoms with Gasteiger partial charge >= 0.3 is 0 Å². The van der Waals surface area contributed by atoms with Crippen molar-refractivity contribution in [2.45, 2.75) is 26.8 Å². The van der Waals surface area contributed by atoms with Crippen LogP contribution in [0.4, 0.5) is 5.69 Å². The molecule has 0 fully saturated rings. The van der Waals surface area contributed by atoms with Crippen molar-refractivity contribution in [1.82, 2.24) is 14.9 Å². The van der Waals surface area contributed by atoms with Gasteiger partial charge in [-0.05, 0) is 49.7 Å². The number of nitrogens with zero attached hydrogens (tertiary/aromatic N) is 3. The fraction of sp³-hybridized carbons (Fsp3) is 0.222. The third kappa shape index (κ3) is 4.95. The van der Waals surface area contributed by atoms with Crippen LogP contribution in [0.25, 0.3) is 11.0 Å². The third-order valence-electron chi connectivity index (χ3n) is 5.74. The van der Waals surface area contributed by atoms with E-state index in [1.165, 1.54) is 0 Å². The Morgan fingerprint density at radius 2 is 1.64 bits per heavy atom. The maximum atomic E-state index is 13.3. The molecule has 0 saturated carbocycles. The summed E-state index contributed by atoms with van der Waals surface area (Å²) < 4.78 is 1.96. The molecule has 0 bridgehead atoms. The van der Waals surface area contributed by atoms with Crippen molar-refractivity contribution in [3.05, 3.63) is 95.8 Å². The van der Waals surface area contributed by atoms with Crippen LogP contribution in [0.5, 0.6) is 0 Å². The predicted octanol–water partition coefficient (Wildman–Crippen LogP) is 4.37. The van der Waals surface area contributed by atoms with Gasteiger partial charge in [-0.3, -0.25) is 9.59 Å². The van der Waals surface area contributed by atoms with Crippen LogP contribution in [-0.4, -0.2) is 34.5 Å². The van der Waals surface area contributed by atoms with Gasteiger partial charge in [0.05, 0.1) is 11.0 Å². The number of imidazole rings is 1. The van der Waals surface area contributed by atoms with E-state index in [4.69, 9.17) is 4.98 Å². The molecular formula is C27H28N4O2. The fourth-order valence-corrected chi connectivity index (χ4v) is 4.03. The number of anilines is 1. The first kappa shape index (κ1) is 22.3. The lowest BCUT2D eigenvalue weighted by molar-refractivity contribution is -0.119. The molecule has 33 heavy (non-hydrogen) atoms. The van der Waals surface area contributed by atoms with E-state index in [9.17, 15) is 9.59 Å². The monoisotopic (exact) mass is 440 g/mol. The summed E-state index contributed by atoms with van der Waals surface area (Å²) in [6.07, 6.45) is 0.525. The Bertz CT molecular complexity index is 1260. The van der Waals surface area contributed by atoms with Gasteiger partial charge in [-0.25, -0.2) is 4.98 Å². The van der Waals surface area contributed by atoms with Crippen molar-refractivity contribution < 1.29 is 9.59 Å². The molecule has 4 rings (SSSR count). The Hall–Kier alpha value is -3.93. The van der Waals surface area contributed by atoms with E-state index in [0.717, 1.165) is 28.1 Å². The summed E-state index contributed by atoms with van der Waals surface area (Å²) in [4.78, 5) is 32.4. The van der Waals surface area contributed by atoms with Gasteiger partial charge in [-0.1, -0.05) is 48.5 Å². The molecule has 1 N–H and O–H groups in total. The number of carbonyl (C=O) groups is 2. The SMILES string of the molecule is CCN(C(=O)Cn1c(CCNC(=O)c2ccccc2C)nc2ccccc21)c1ccccc1. The molecule has 0 aliphatic heterocycles. The summed E-state index contributed by atoms with van der Waals surface area (Å²) in [6.45, 7) is 5.09. The highest BCUT2D eigenvalue weighted by atomic mass is 16.2. The molecule has 0 aliphatic rings. The van der Waals surface area contributed by atoms with Gasteiger partial charge in [-0.15, -0.1) is 0 Å². The second-order valence-electron chi connectivity index (χ2n) is 7.90. The number of hydrogen-bond donors (Lipinski definition) is 1. The van der Waals surface area contributed by atoms with Crippen LogP contribution in [0.15, 0.2) is 78.9 Å². The minimum atomic E-state index is -0.104. The van der Waals surface area contributed by atoms with E-state index >= 15 is 0 Å². The van der Waals surface area contributed by atoms with Crippen LogP contribution in [0.1, 0.15) is 28.7 Å². The summed E-state index contributed by atoms with van der Waals surface area (Å²) in [5, 5.41) is 2.99. The van der Waals surface area contributed by atoms with Gasteiger partial charge in [0.1, 0.15) is 12.4 Å². The van der Waals surface area contributed by atoms with E-state index in [-0.39, 0.29) is 18.4 Å². The van der Waals surface area contributed by atoms with Gasteiger partial charge in [0.15, 0.2) is 0 Å². The minimum Gasteiger partial charge on any atom is -0.352 e. The molecule has 0 radical (unpaired) electrons. The molecule has 0 atom stereocenters. The number of likely N-dealkylation sites (N-methyl/N-ethyl adjacent to an activating group) is 1. The average Bonchev–Trinajstić information content (AvgIpc) is 3.17. The number of aryl methyl sites for hydroxylation is 1. The van der Waals surface area contributed by atoms with Crippen molar-refractivity contribution in [1.29, 1.82) is 0 Å². The third-order valence-corrected chi connectivity index (χ3v) is 5.74. The van der Waals surface area contributed by atoms with Crippen LogP contribution < -0.4 is 10.2 Å². The lowest BCUT2D eigenvalue weighted by Crippen LogP contribution is -2.34. The van der Waals surface area contributed by atoms with Crippen molar-refractivity contribution in [2.75, 3.05) is 18.0 Å². The Morgan fingerprint density at radius 1 is 0.939 bits per heavy atom. The number of rotatable bonds is 8. The van der Waals surface area contributed by atoms with Crippen LogP contribution in [0.2, 0.25) is 0 Å². The second-order valence-corrected chi connectivity index (χ2v) is 7.90. The molecule has 0 saturated heterocycles. The lowest BCUT2D eigenvalue weighted by Gasteiger charge is -2.22. The Kier molecular flexibility index (Phi) is 6.83. The van der Waals surface area contributed by atoms with Gasteiger partial charge < -0.3 is 14.8 Å². The van der Waals surface area contributed by atoms with Gasteiger partial charge in [0.2, 0.25) is 5.91 Å². The maximum Gasteiger partial charge on any atom is 0.251 e. The average molecular weight is 441 g/mol. The largest absolute Gasteiger partial charge is 0.352 e. The number of nitrogens with one attached hydrogen (secondary N) is 1. The van der Waals surface area contributed by atoms with Gasteiger partial charge in [0, 0.05) is 30.8 Å². The summed E-state index contributed by atoms with van der Waals surface area (Å²) in [7, 11) is 0. The lowest BCUT2D eigenvalue weighted by atomic mass is 10.1. The molecule has 168 valence electrons.